The van der Waals surface area contributed by atoms with Gasteiger partial charge in [-0.05, 0) is 31.4 Å². The van der Waals surface area contributed by atoms with Gasteiger partial charge in [0.25, 0.3) is 0 Å². The molecule has 1 aliphatic carbocycles. The summed E-state index contributed by atoms with van der Waals surface area (Å²) in [6.07, 6.45) is 0.459. The van der Waals surface area contributed by atoms with Gasteiger partial charge in [-0.15, -0.1) is 0 Å². The molecule has 4 nitrogen and oxygen atoms in total. The Bertz CT molecular complexity index is 466. The van der Waals surface area contributed by atoms with Crippen molar-refractivity contribution in [1.82, 2.24) is 10.9 Å². The molecule has 1 amide bonds. The van der Waals surface area contributed by atoms with Gasteiger partial charge in [-0.1, -0.05) is 24.3 Å². The highest BCUT2D eigenvalue weighted by molar-refractivity contribution is 5.76. The summed E-state index contributed by atoms with van der Waals surface area (Å²) in [6.45, 7) is 4.19. The van der Waals surface area contributed by atoms with Crippen molar-refractivity contribution in [3.8, 4) is 0 Å². The zero-order chi connectivity index (χ0) is 12.3. The van der Waals surface area contributed by atoms with E-state index in [0.29, 0.717) is 6.61 Å². The Balaban J connectivity index is 2.06. The van der Waals surface area contributed by atoms with Crippen LogP contribution in [0.25, 0.3) is 5.70 Å². The lowest BCUT2D eigenvalue weighted by Gasteiger charge is -2.11. The topological polar surface area (TPSA) is 50.4 Å². The van der Waals surface area contributed by atoms with Crippen LogP contribution in [0.5, 0.6) is 0 Å². The molecule has 1 aromatic rings. The number of fused-ring (bicyclic) bond motifs is 1. The van der Waals surface area contributed by atoms with Crippen molar-refractivity contribution in [2.24, 2.45) is 0 Å². The number of hydrazine groups is 1. The van der Waals surface area contributed by atoms with Gasteiger partial charge in [0, 0.05) is 5.56 Å². The lowest BCUT2D eigenvalue weighted by molar-refractivity contribution is 0.149. The second-order valence-corrected chi connectivity index (χ2v) is 3.96. The normalized spacial score (nSPS) is 13.3. The third-order valence-electron chi connectivity index (χ3n) is 2.73. The Labute approximate surface area is 101 Å². The summed E-state index contributed by atoms with van der Waals surface area (Å²) >= 11 is 0. The van der Waals surface area contributed by atoms with Crippen molar-refractivity contribution in [3.05, 3.63) is 41.0 Å². The van der Waals surface area contributed by atoms with Crippen molar-refractivity contribution in [1.29, 1.82) is 0 Å². The minimum Gasteiger partial charge on any atom is -0.449 e. The molecule has 0 unspecified atom stereocenters. The molecule has 0 atom stereocenters. The highest BCUT2D eigenvalue weighted by Gasteiger charge is 2.18. The molecule has 2 N–H and O–H groups in total. The molecule has 0 heterocycles. The summed E-state index contributed by atoms with van der Waals surface area (Å²) < 4.78 is 4.79. The maximum absolute atomic E-state index is 11.2. The quantitative estimate of drug-likeness (QED) is 0.786. The number of nitrogens with one attached hydrogen (secondary N) is 2. The zero-order valence-electron chi connectivity index (χ0n) is 10.0. The molecule has 1 aromatic carbocycles. The summed E-state index contributed by atoms with van der Waals surface area (Å²) in [4.78, 5) is 11.2. The van der Waals surface area contributed by atoms with Crippen LogP contribution in [-0.2, 0) is 11.2 Å². The third kappa shape index (κ3) is 2.41. The lowest BCUT2D eigenvalue weighted by atomic mass is 10.1. The molecule has 0 radical (unpaired) electrons. The first-order valence-electron chi connectivity index (χ1n) is 5.69. The minimum atomic E-state index is -0.461. The Kier molecular flexibility index (Phi) is 3.32. The summed E-state index contributed by atoms with van der Waals surface area (Å²) in [6, 6.07) is 8.15. The van der Waals surface area contributed by atoms with Gasteiger partial charge in [-0.2, -0.15) is 0 Å². The number of hydrogen-bond acceptors (Lipinski definition) is 3. The number of amides is 1. The molecule has 0 aromatic heterocycles. The number of rotatable bonds is 3. The maximum atomic E-state index is 11.2. The molecule has 0 saturated carbocycles. The molecule has 0 fully saturated rings. The summed E-state index contributed by atoms with van der Waals surface area (Å²) in [7, 11) is 0. The van der Waals surface area contributed by atoms with E-state index >= 15 is 0 Å². The molecule has 0 aliphatic heterocycles. The number of carbonyl (C=O) groups is 1. The van der Waals surface area contributed by atoms with E-state index in [0.717, 1.165) is 17.7 Å². The van der Waals surface area contributed by atoms with Crippen molar-refractivity contribution >= 4 is 11.8 Å². The molecule has 4 heteroatoms. The molecule has 17 heavy (non-hydrogen) atoms. The Hall–Kier alpha value is -1.97. The number of allylic oxidation sites excluding steroid dienone is 1. The Morgan fingerprint density at radius 1 is 1.41 bits per heavy atom. The van der Waals surface area contributed by atoms with Crippen molar-refractivity contribution < 1.29 is 9.53 Å². The van der Waals surface area contributed by atoms with Crippen LogP contribution < -0.4 is 10.9 Å². The first-order valence-corrected chi connectivity index (χ1v) is 5.69. The van der Waals surface area contributed by atoms with Crippen LogP contribution >= 0.6 is 0 Å². The fourth-order valence-electron chi connectivity index (χ4n) is 1.98. The number of benzene rings is 1. The van der Waals surface area contributed by atoms with Gasteiger partial charge in [-0.3, -0.25) is 5.43 Å². The van der Waals surface area contributed by atoms with Crippen molar-refractivity contribution in [3.63, 3.8) is 0 Å². The number of ether oxygens (including phenoxy) is 1. The first-order chi connectivity index (χ1) is 8.22. The predicted octanol–water partition coefficient (Wildman–Crippen LogP) is 2.22. The van der Waals surface area contributed by atoms with E-state index in [1.54, 1.807) is 6.92 Å². The summed E-state index contributed by atoms with van der Waals surface area (Å²) in [5.41, 5.74) is 10.0. The van der Waals surface area contributed by atoms with Crippen LogP contribution in [0.3, 0.4) is 0 Å². The van der Waals surface area contributed by atoms with Crippen molar-refractivity contribution in [2.45, 2.75) is 20.3 Å². The SMILES string of the molecule is CCOC(=O)NNC1=C(C)Cc2ccccc21. The molecule has 0 bridgehead atoms. The van der Waals surface area contributed by atoms with Gasteiger partial charge in [0.2, 0.25) is 0 Å². The average Bonchev–Trinajstić information content (AvgIpc) is 2.62. The molecule has 90 valence electrons. The van der Waals surface area contributed by atoms with Crippen LogP contribution in [-0.4, -0.2) is 12.7 Å². The second kappa shape index (κ2) is 4.91. The maximum Gasteiger partial charge on any atom is 0.425 e. The van der Waals surface area contributed by atoms with E-state index < -0.39 is 6.09 Å². The largest absolute Gasteiger partial charge is 0.449 e. The molecule has 0 spiro atoms. The Morgan fingerprint density at radius 3 is 2.94 bits per heavy atom. The highest BCUT2D eigenvalue weighted by Crippen LogP contribution is 2.29. The van der Waals surface area contributed by atoms with Gasteiger partial charge in [0.15, 0.2) is 0 Å². The Morgan fingerprint density at radius 2 is 2.18 bits per heavy atom. The van der Waals surface area contributed by atoms with Gasteiger partial charge in [0.05, 0.1) is 12.3 Å². The highest BCUT2D eigenvalue weighted by atomic mass is 16.5. The van der Waals surface area contributed by atoms with Gasteiger partial charge in [-0.25, -0.2) is 10.2 Å². The van der Waals surface area contributed by atoms with E-state index in [2.05, 4.69) is 23.8 Å². The second-order valence-electron chi connectivity index (χ2n) is 3.96. The van der Waals surface area contributed by atoms with Gasteiger partial charge >= 0.3 is 6.09 Å². The minimum absolute atomic E-state index is 0.363. The van der Waals surface area contributed by atoms with Crippen LogP contribution in [0.2, 0.25) is 0 Å². The van der Waals surface area contributed by atoms with Gasteiger partial charge < -0.3 is 4.74 Å². The molecule has 0 saturated heterocycles. The standard InChI is InChI=1S/C13H16N2O2/c1-3-17-13(16)15-14-12-9(2)8-10-6-4-5-7-11(10)12/h4-7,14H,3,8H2,1-2H3,(H,15,16). The van der Waals surface area contributed by atoms with E-state index in [4.69, 9.17) is 4.74 Å². The smallest absolute Gasteiger partial charge is 0.425 e. The molecule has 2 rings (SSSR count). The summed E-state index contributed by atoms with van der Waals surface area (Å²) in [5.74, 6) is 0. The average molecular weight is 232 g/mol. The van der Waals surface area contributed by atoms with E-state index in [1.807, 2.05) is 18.2 Å². The van der Waals surface area contributed by atoms with Gasteiger partial charge in [0.1, 0.15) is 0 Å². The molecular formula is C13H16N2O2. The van der Waals surface area contributed by atoms with Crippen LogP contribution in [0, 0.1) is 0 Å². The van der Waals surface area contributed by atoms with E-state index in [9.17, 15) is 4.79 Å². The van der Waals surface area contributed by atoms with Crippen LogP contribution in [0.4, 0.5) is 4.79 Å². The monoisotopic (exact) mass is 232 g/mol. The van der Waals surface area contributed by atoms with E-state index in [-0.39, 0.29) is 0 Å². The number of carbonyl (C=O) groups excluding carboxylic acids is 1. The lowest BCUT2D eigenvalue weighted by Crippen LogP contribution is -2.36. The summed E-state index contributed by atoms with van der Waals surface area (Å²) in [5, 5.41) is 0. The first kappa shape index (κ1) is 11.5. The van der Waals surface area contributed by atoms with Crippen molar-refractivity contribution in [2.75, 3.05) is 6.61 Å². The fourth-order valence-corrected chi connectivity index (χ4v) is 1.98. The third-order valence-corrected chi connectivity index (χ3v) is 2.73. The fraction of sp³-hybridized carbons (Fsp3) is 0.308. The molecular weight excluding hydrogens is 216 g/mol. The zero-order valence-corrected chi connectivity index (χ0v) is 10.0. The molecule has 1 aliphatic rings. The van der Waals surface area contributed by atoms with Crippen LogP contribution in [0.15, 0.2) is 29.8 Å². The van der Waals surface area contributed by atoms with E-state index in [1.165, 1.54) is 11.1 Å². The number of hydrogen-bond donors (Lipinski definition) is 2. The van der Waals surface area contributed by atoms with Crippen LogP contribution in [0.1, 0.15) is 25.0 Å². The predicted molar refractivity (Wildman–Crippen MR) is 66.0 cm³/mol.